The summed E-state index contributed by atoms with van der Waals surface area (Å²) in [5.41, 5.74) is 1.48. The summed E-state index contributed by atoms with van der Waals surface area (Å²) < 4.78 is 25.0. The lowest BCUT2D eigenvalue weighted by Crippen LogP contribution is -2.24. The van der Waals surface area contributed by atoms with Crippen LogP contribution < -0.4 is 5.32 Å². The van der Waals surface area contributed by atoms with Crippen LogP contribution in [0.4, 0.5) is 0 Å². The van der Waals surface area contributed by atoms with Gasteiger partial charge in [-0.3, -0.25) is 4.79 Å². The first kappa shape index (κ1) is 15.7. The molecule has 0 bridgehead atoms. The predicted molar refractivity (Wildman–Crippen MR) is 82.8 cm³/mol. The van der Waals surface area contributed by atoms with Gasteiger partial charge >= 0.3 is 0 Å². The molecule has 1 heterocycles. The molecular weight excluding hydrogens is 308 g/mol. The first-order chi connectivity index (χ1) is 9.91. The highest BCUT2D eigenvalue weighted by molar-refractivity contribution is 7.89. The normalized spacial score (nSPS) is 11.6. The molecule has 0 atom stereocenters. The van der Waals surface area contributed by atoms with Gasteiger partial charge in [0.15, 0.2) is 0 Å². The monoisotopic (exact) mass is 324 g/mol. The number of carbonyl (C=O) groups excluding carboxylic acids is 1. The van der Waals surface area contributed by atoms with Gasteiger partial charge in [0, 0.05) is 26.2 Å². The van der Waals surface area contributed by atoms with Crippen molar-refractivity contribution >= 4 is 27.3 Å². The maximum absolute atomic E-state index is 12.0. The Hall–Kier alpha value is -1.70. The lowest BCUT2D eigenvalue weighted by molar-refractivity contribution is 0.0951. The van der Waals surface area contributed by atoms with Crippen LogP contribution in [0.2, 0.25) is 0 Å². The molecule has 1 amide bonds. The largest absolute Gasteiger partial charge is 0.348 e. The highest BCUT2D eigenvalue weighted by Gasteiger charge is 2.17. The van der Waals surface area contributed by atoms with E-state index in [4.69, 9.17) is 0 Å². The average molecular weight is 324 g/mol. The van der Waals surface area contributed by atoms with Gasteiger partial charge in [-0.1, -0.05) is 0 Å². The van der Waals surface area contributed by atoms with Gasteiger partial charge in [0.1, 0.15) is 0 Å². The minimum absolute atomic E-state index is 0.168. The number of sulfonamides is 1. The third kappa shape index (κ3) is 3.69. The molecule has 0 aliphatic rings. The number of nitrogens with one attached hydrogen (secondary N) is 1. The van der Waals surface area contributed by atoms with Gasteiger partial charge in [0.05, 0.1) is 4.90 Å². The molecule has 0 aliphatic carbocycles. The number of hydrogen-bond donors (Lipinski definition) is 1. The van der Waals surface area contributed by atoms with E-state index in [1.165, 1.54) is 38.4 Å². The molecule has 2 aromatic rings. The van der Waals surface area contributed by atoms with Crippen molar-refractivity contribution in [3.8, 4) is 0 Å². The zero-order chi connectivity index (χ0) is 15.5. The Morgan fingerprint density at radius 1 is 1.19 bits per heavy atom. The second-order valence-electron chi connectivity index (χ2n) is 4.63. The maximum Gasteiger partial charge on any atom is 0.251 e. The fraction of sp³-hybridized carbons (Fsp3) is 0.214. The quantitative estimate of drug-likeness (QED) is 0.914. The van der Waals surface area contributed by atoms with Crippen LogP contribution in [0, 0.1) is 0 Å². The number of benzene rings is 1. The number of rotatable bonds is 5. The summed E-state index contributed by atoms with van der Waals surface area (Å²) in [6.07, 6.45) is 0. The van der Waals surface area contributed by atoms with Crippen LogP contribution in [0.5, 0.6) is 0 Å². The van der Waals surface area contributed by atoms with Crippen LogP contribution in [-0.4, -0.2) is 32.7 Å². The summed E-state index contributed by atoms with van der Waals surface area (Å²) in [7, 11) is -0.526. The summed E-state index contributed by atoms with van der Waals surface area (Å²) in [5, 5.41) is 6.70. The van der Waals surface area contributed by atoms with Crippen LogP contribution in [0.1, 0.15) is 15.9 Å². The number of thiophene rings is 1. The van der Waals surface area contributed by atoms with Crippen molar-refractivity contribution in [1.29, 1.82) is 0 Å². The second-order valence-corrected chi connectivity index (χ2v) is 7.56. The fourth-order valence-electron chi connectivity index (χ4n) is 1.67. The molecule has 1 N–H and O–H groups in total. The third-order valence-electron chi connectivity index (χ3n) is 2.93. The molecule has 0 aliphatic heterocycles. The number of carbonyl (C=O) groups is 1. The summed E-state index contributed by atoms with van der Waals surface area (Å²) in [6.45, 7) is 0.458. The molecule has 7 heteroatoms. The Balaban J connectivity index is 2.07. The van der Waals surface area contributed by atoms with E-state index < -0.39 is 10.0 Å². The van der Waals surface area contributed by atoms with Crippen LogP contribution in [0.25, 0.3) is 0 Å². The van der Waals surface area contributed by atoms with E-state index in [9.17, 15) is 13.2 Å². The Morgan fingerprint density at radius 3 is 2.38 bits per heavy atom. The Kier molecular flexibility index (Phi) is 4.76. The van der Waals surface area contributed by atoms with Crippen molar-refractivity contribution in [3.63, 3.8) is 0 Å². The molecule has 0 spiro atoms. The molecule has 0 saturated carbocycles. The third-order valence-corrected chi connectivity index (χ3v) is 5.49. The predicted octanol–water partition coefficient (Wildman–Crippen LogP) is 1.93. The van der Waals surface area contributed by atoms with E-state index >= 15 is 0 Å². The SMILES string of the molecule is CN(C)S(=O)(=O)c1ccc(C(=O)NCc2ccsc2)cc1. The molecule has 0 saturated heterocycles. The summed E-state index contributed by atoms with van der Waals surface area (Å²) in [6, 6.07) is 7.85. The Bertz CT molecular complexity index is 705. The van der Waals surface area contributed by atoms with Crippen LogP contribution in [0.15, 0.2) is 46.0 Å². The van der Waals surface area contributed by atoms with Crippen molar-refractivity contribution in [2.24, 2.45) is 0 Å². The fourth-order valence-corrected chi connectivity index (χ4v) is 3.24. The molecule has 1 aromatic carbocycles. The van der Waals surface area contributed by atoms with Crippen LogP contribution in [-0.2, 0) is 16.6 Å². The first-order valence-electron chi connectivity index (χ1n) is 6.23. The molecule has 112 valence electrons. The van der Waals surface area contributed by atoms with E-state index in [1.807, 2.05) is 16.8 Å². The number of amides is 1. The van der Waals surface area contributed by atoms with Crippen LogP contribution in [0.3, 0.4) is 0 Å². The summed E-state index contributed by atoms with van der Waals surface area (Å²) in [4.78, 5) is 12.1. The van der Waals surface area contributed by atoms with Crippen molar-refractivity contribution < 1.29 is 13.2 Å². The molecule has 0 radical (unpaired) electrons. The van der Waals surface area contributed by atoms with Crippen molar-refractivity contribution in [1.82, 2.24) is 9.62 Å². The highest BCUT2D eigenvalue weighted by atomic mass is 32.2. The Morgan fingerprint density at radius 2 is 1.86 bits per heavy atom. The lowest BCUT2D eigenvalue weighted by atomic mass is 10.2. The minimum Gasteiger partial charge on any atom is -0.348 e. The van der Waals surface area contributed by atoms with Crippen molar-refractivity contribution in [2.75, 3.05) is 14.1 Å². The van der Waals surface area contributed by atoms with Gasteiger partial charge in [-0.25, -0.2) is 12.7 Å². The summed E-state index contributed by atoms with van der Waals surface area (Å²) >= 11 is 1.57. The van der Waals surface area contributed by atoms with E-state index in [-0.39, 0.29) is 10.8 Å². The molecular formula is C14H16N2O3S2. The molecule has 0 unspecified atom stereocenters. The summed E-state index contributed by atoms with van der Waals surface area (Å²) in [5.74, 6) is -0.227. The zero-order valence-corrected chi connectivity index (χ0v) is 13.4. The van der Waals surface area contributed by atoms with E-state index in [0.29, 0.717) is 12.1 Å². The van der Waals surface area contributed by atoms with E-state index in [0.717, 1.165) is 9.87 Å². The number of nitrogens with zero attached hydrogens (tertiary/aromatic N) is 1. The van der Waals surface area contributed by atoms with E-state index in [1.54, 1.807) is 11.3 Å². The highest BCUT2D eigenvalue weighted by Crippen LogP contribution is 2.14. The molecule has 21 heavy (non-hydrogen) atoms. The maximum atomic E-state index is 12.0. The average Bonchev–Trinajstić information content (AvgIpc) is 2.98. The van der Waals surface area contributed by atoms with Gasteiger partial charge < -0.3 is 5.32 Å². The van der Waals surface area contributed by atoms with Crippen LogP contribution >= 0.6 is 11.3 Å². The molecule has 2 rings (SSSR count). The molecule has 5 nitrogen and oxygen atoms in total. The van der Waals surface area contributed by atoms with Gasteiger partial charge in [-0.2, -0.15) is 11.3 Å². The van der Waals surface area contributed by atoms with Crippen molar-refractivity contribution in [3.05, 3.63) is 52.2 Å². The lowest BCUT2D eigenvalue weighted by Gasteiger charge is -2.11. The van der Waals surface area contributed by atoms with Gasteiger partial charge in [0.25, 0.3) is 5.91 Å². The van der Waals surface area contributed by atoms with E-state index in [2.05, 4.69) is 5.32 Å². The molecule has 0 fully saturated rings. The van der Waals surface area contributed by atoms with Gasteiger partial charge in [-0.05, 0) is 46.7 Å². The van der Waals surface area contributed by atoms with Crippen molar-refractivity contribution in [2.45, 2.75) is 11.4 Å². The first-order valence-corrected chi connectivity index (χ1v) is 8.61. The topological polar surface area (TPSA) is 66.5 Å². The standard InChI is InChI=1S/C14H16N2O3S2/c1-16(2)21(18,19)13-5-3-12(4-6-13)14(17)15-9-11-7-8-20-10-11/h3-8,10H,9H2,1-2H3,(H,15,17). The van der Waals surface area contributed by atoms with Gasteiger partial charge in [0.2, 0.25) is 10.0 Å². The number of hydrogen-bond acceptors (Lipinski definition) is 4. The smallest absolute Gasteiger partial charge is 0.251 e. The minimum atomic E-state index is -3.46. The second kappa shape index (κ2) is 6.38. The van der Waals surface area contributed by atoms with Gasteiger partial charge in [-0.15, -0.1) is 0 Å². The molecule has 1 aromatic heterocycles. The zero-order valence-electron chi connectivity index (χ0n) is 11.7. The Labute approximate surface area is 128 Å².